The lowest BCUT2D eigenvalue weighted by molar-refractivity contribution is -0.387. The quantitative estimate of drug-likeness (QED) is 0.233. The minimum absolute atomic E-state index is 0.0852. The summed E-state index contributed by atoms with van der Waals surface area (Å²) in [6.07, 6.45) is 3.34. The average molecular weight is 546 g/mol. The van der Waals surface area contributed by atoms with Crippen molar-refractivity contribution in [1.82, 2.24) is 20.5 Å². The zero-order valence-electron chi connectivity index (χ0n) is 21.9. The Bertz CT molecular complexity index is 1380. The number of pyridine rings is 1. The van der Waals surface area contributed by atoms with Crippen molar-refractivity contribution in [1.29, 1.82) is 0 Å². The van der Waals surface area contributed by atoms with E-state index < -0.39 is 11.0 Å². The van der Waals surface area contributed by atoms with Gasteiger partial charge in [0.25, 0.3) is 11.6 Å². The standard InChI is InChI=1S/C29H31N5O4S/c1-19(2)23-8-4-5-9-26(23)39-27-11-10-22(15-25(27)34(37)38)20(3)29(36)33-14-13-31-24(18-33)28(35)32-17-21-7-6-12-30-16-21/h4-12,15-16,19,24,31H,3,13-14,17-18H2,1-2H3,(H,32,35). The molecule has 2 aromatic carbocycles. The molecule has 1 aliphatic rings. The zero-order valence-corrected chi connectivity index (χ0v) is 22.7. The highest BCUT2D eigenvalue weighted by atomic mass is 32.2. The number of nitrogens with zero attached hydrogens (tertiary/aromatic N) is 3. The summed E-state index contributed by atoms with van der Waals surface area (Å²) >= 11 is 1.34. The lowest BCUT2D eigenvalue weighted by Crippen LogP contribution is -2.58. The molecule has 10 heteroatoms. The molecule has 1 aliphatic heterocycles. The molecule has 2 amide bonds. The fourth-order valence-electron chi connectivity index (χ4n) is 4.34. The molecule has 0 saturated carbocycles. The maximum absolute atomic E-state index is 13.3. The molecular formula is C29H31N5O4S. The molecule has 9 nitrogen and oxygen atoms in total. The van der Waals surface area contributed by atoms with E-state index in [4.69, 9.17) is 0 Å². The topological polar surface area (TPSA) is 117 Å². The SMILES string of the molecule is C=C(C(=O)N1CCNC(C(=O)NCc2cccnc2)C1)c1ccc(Sc2ccccc2C(C)C)c([N+](=O)[O-])c1. The lowest BCUT2D eigenvalue weighted by Gasteiger charge is -2.33. The monoisotopic (exact) mass is 545 g/mol. The van der Waals surface area contributed by atoms with Gasteiger partial charge in [0.1, 0.15) is 6.04 Å². The number of aromatic nitrogens is 1. The van der Waals surface area contributed by atoms with Crippen molar-refractivity contribution in [2.75, 3.05) is 19.6 Å². The number of hydrogen-bond donors (Lipinski definition) is 2. The van der Waals surface area contributed by atoms with E-state index in [2.05, 4.69) is 36.0 Å². The number of carbonyl (C=O) groups is 2. The van der Waals surface area contributed by atoms with Crippen LogP contribution in [0.25, 0.3) is 5.57 Å². The van der Waals surface area contributed by atoms with Gasteiger partial charge in [0, 0.05) is 55.1 Å². The molecule has 1 atom stereocenters. The summed E-state index contributed by atoms with van der Waals surface area (Å²) in [5.74, 6) is -0.313. The summed E-state index contributed by atoms with van der Waals surface area (Å²) in [4.78, 5) is 44.6. The Morgan fingerprint density at radius 3 is 2.72 bits per heavy atom. The molecule has 0 radical (unpaired) electrons. The number of rotatable bonds is 9. The molecule has 0 spiro atoms. The fourth-order valence-corrected chi connectivity index (χ4v) is 5.52. The van der Waals surface area contributed by atoms with Crippen LogP contribution in [0.4, 0.5) is 5.69 Å². The molecule has 1 aromatic heterocycles. The Balaban J connectivity index is 1.45. The van der Waals surface area contributed by atoms with E-state index in [1.165, 1.54) is 17.8 Å². The van der Waals surface area contributed by atoms with Crippen LogP contribution in [-0.4, -0.2) is 52.3 Å². The summed E-state index contributed by atoms with van der Waals surface area (Å²) in [7, 11) is 0. The number of amides is 2. The van der Waals surface area contributed by atoms with Crippen molar-refractivity contribution in [2.45, 2.75) is 42.1 Å². The maximum atomic E-state index is 13.3. The lowest BCUT2D eigenvalue weighted by atomic mass is 10.0. The van der Waals surface area contributed by atoms with Crippen LogP contribution in [0.5, 0.6) is 0 Å². The van der Waals surface area contributed by atoms with Gasteiger partial charge in [-0.25, -0.2) is 0 Å². The van der Waals surface area contributed by atoms with E-state index in [0.29, 0.717) is 30.1 Å². The van der Waals surface area contributed by atoms with Crippen LogP contribution in [0.3, 0.4) is 0 Å². The number of nitro benzene ring substituents is 1. The van der Waals surface area contributed by atoms with Crippen molar-refractivity contribution in [3.8, 4) is 0 Å². The van der Waals surface area contributed by atoms with Crippen LogP contribution in [0.15, 0.2) is 83.4 Å². The van der Waals surface area contributed by atoms with Gasteiger partial charge in [-0.3, -0.25) is 24.7 Å². The maximum Gasteiger partial charge on any atom is 0.283 e. The van der Waals surface area contributed by atoms with E-state index in [9.17, 15) is 19.7 Å². The third kappa shape index (κ3) is 6.90. The Morgan fingerprint density at radius 2 is 2.00 bits per heavy atom. The number of nitro groups is 1. The van der Waals surface area contributed by atoms with Gasteiger partial charge < -0.3 is 15.5 Å². The van der Waals surface area contributed by atoms with E-state index in [1.54, 1.807) is 35.5 Å². The second kappa shape index (κ2) is 12.7. The molecule has 202 valence electrons. The molecular weight excluding hydrogens is 514 g/mol. The minimum atomic E-state index is -0.582. The molecule has 1 unspecified atom stereocenters. The largest absolute Gasteiger partial charge is 0.351 e. The van der Waals surface area contributed by atoms with Crippen molar-refractivity contribution in [3.63, 3.8) is 0 Å². The van der Waals surface area contributed by atoms with Gasteiger partial charge in [-0.15, -0.1) is 0 Å². The second-order valence-electron chi connectivity index (χ2n) is 9.55. The number of benzene rings is 2. The minimum Gasteiger partial charge on any atom is -0.351 e. The van der Waals surface area contributed by atoms with E-state index in [1.807, 2.05) is 30.3 Å². The van der Waals surface area contributed by atoms with Gasteiger partial charge in [-0.1, -0.05) is 62.5 Å². The van der Waals surface area contributed by atoms with Gasteiger partial charge in [-0.05, 0) is 40.8 Å². The van der Waals surface area contributed by atoms with Gasteiger partial charge in [0.05, 0.1) is 9.82 Å². The van der Waals surface area contributed by atoms with Crippen LogP contribution in [0.1, 0.15) is 36.5 Å². The summed E-state index contributed by atoms with van der Waals surface area (Å²) in [5, 5.41) is 18.0. The van der Waals surface area contributed by atoms with Crippen LogP contribution in [0.2, 0.25) is 0 Å². The fraction of sp³-hybridized carbons (Fsp3) is 0.276. The number of carbonyl (C=O) groups excluding carboxylic acids is 2. The van der Waals surface area contributed by atoms with Crippen LogP contribution in [-0.2, 0) is 16.1 Å². The van der Waals surface area contributed by atoms with Crippen molar-refractivity contribution < 1.29 is 14.5 Å². The first-order valence-electron chi connectivity index (χ1n) is 12.7. The summed E-state index contributed by atoms with van der Waals surface area (Å²) in [6, 6.07) is 15.7. The van der Waals surface area contributed by atoms with Gasteiger partial charge in [0.15, 0.2) is 0 Å². The van der Waals surface area contributed by atoms with Crippen molar-refractivity contribution in [3.05, 3.63) is 100 Å². The summed E-state index contributed by atoms with van der Waals surface area (Å²) in [6.45, 7) is 9.45. The van der Waals surface area contributed by atoms with Crippen molar-refractivity contribution in [2.24, 2.45) is 0 Å². The Labute approximate surface area is 231 Å². The number of nitrogens with one attached hydrogen (secondary N) is 2. The first kappa shape index (κ1) is 28.0. The zero-order chi connectivity index (χ0) is 27.9. The Kier molecular flexibility index (Phi) is 9.11. The third-order valence-electron chi connectivity index (χ3n) is 6.49. The van der Waals surface area contributed by atoms with E-state index in [0.717, 1.165) is 16.0 Å². The number of piperazine rings is 1. The Hall–Kier alpha value is -4.02. The molecule has 1 fully saturated rings. The Morgan fingerprint density at radius 1 is 1.21 bits per heavy atom. The normalized spacial score (nSPS) is 15.2. The molecule has 2 heterocycles. The molecule has 0 aliphatic carbocycles. The van der Waals surface area contributed by atoms with Crippen LogP contribution < -0.4 is 10.6 Å². The molecule has 0 bridgehead atoms. The second-order valence-corrected chi connectivity index (χ2v) is 10.6. The molecule has 1 saturated heterocycles. The molecule has 39 heavy (non-hydrogen) atoms. The molecule has 3 aromatic rings. The molecule has 2 N–H and O–H groups in total. The smallest absolute Gasteiger partial charge is 0.283 e. The first-order chi connectivity index (χ1) is 18.7. The number of hydrogen-bond acceptors (Lipinski definition) is 7. The predicted molar refractivity (Wildman–Crippen MR) is 151 cm³/mol. The van der Waals surface area contributed by atoms with Crippen molar-refractivity contribution >= 4 is 34.8 Å². The highest BCUT2D eigenvalue weighted by molar-refractivity contribution is 7.99. The third-order valence-corrected chi connectivity index (χ3v) is 7.65. The first-order valence-corrected chi connectivity index (χ1v) is 13.5. The van der Waals surface area contributed by atoms with E-state index in [-0.39, 0.29) is 35.5 Å². The van der Waals surface area contributed by atoms with E-state index >= 15 is 0 Å². The summed E-state index contributed by atoms with van der Waals surface area (Å²) < 4.78 is 0. The predicted octanol–water partition coefficient (Wildman–Crippen LogP) is 4.39. The van der Waals surface area contributed by atoms with Crippen LogP contribution >= 0.6 is 11.8 Å². The summed E-state index contributed by atoms with van der Waals surface area (Å²) in [5.41, 5.74) is 2.42. The van der Waals surface area contributed by atoms with Gasteiger partial charge in [0.2, 0.25) is 5.91 Å². The highest BCUT2D eigenvalue weighted by Gasteiger charge is 2.30. The van der Waals surface area contributed by atoms with Gasteiger partial charge >= 0.3 is 0 Å². The molecule has 4 rings (SSSR count). The van der Waals surface area contributed by atoms with Gasteiger partial charge in [-0.2, -0.15) is 0 Å². The van der Waals surface area contributed by atoms with Crippen LogP contribution in [0, 0.1) is 10.1 Å². The average Bonchev–Trinajstić information content (AvgIpc) is 2.96. The highest BCUT2D eigenvalue weighted by Crippen LogP contribution is 2.39.